The smallest absolute Gasteiger partial charge is 0.263 e. The summed E-state index contributed by atoms with van der Waals surface area (Å²) in [6.45, 7) is 7.12. The Kier molecular flexibility index (Phi) is 9.72. The lowest BCUT2D eigenvalue weighted by molar-refractivity contribution is 0.0304. The van der Waals surface area contributed by atoms with Crippen molar-refractivity contribution in [3.05, 3.63) is 70.3 Å². The second-order valence-electron chi connectivity index (χ2n) is 13.3. The van der Waals surface area contributed by atoms with Gasteiger partial charge in [0.2, 0.25) is 0 Å². The first kappa shape index (κ1) is 31.6. The molecule has 2 aromatic carbocycles. The van der Waals surface area contributed by atoms with Gasteiger partial charge in [0.15, 0.2) is 0 Å². The van der Waals surface area contributed by atoms with Gasteiger partial charge in [-0.2, -0.15) is 0 Å². The van der Waals surface area contributed by atoms with Crippen LogP contribution in [-0.2, 0) is 27.6 Å². The van der Waals surface area contributed by atoms with E-state index >= 15 is 0 Å². The number of halogens is 1. The van der Waals surface area contributed by atoms with E-state index in [4.69, 9.17) is 21.1 Å². The molecule has 238 valence electrons. The number of nitrogens with zero attached hydrogens (tertiary/aromatic N) is 1. The highest BCUT2D eigenvalue weighted by atomic mass is 35.5. The quantitative estimate of drug-likeness (QED) is 0.322. The lowest BCUT2D eigenvalue weighted by Gasteiger charge is -2.46. The first-order chi connectivity index (χ1) is 21.3. The van der Waals surface area contributed by atoms with Gasteiger partial charge in [0.05, 0.1) is 37.4 Å². The van der Waals surface area contributed by atoms with Gasteiger partial charge in [-0.25, -0.2) is 4.21 Å². The Labute approximate surface area is 268 Å². The normalized spacial score (nSPS) is 32.8. The summed E-state index contributed by atoms with van der Waals surface area (Å²) < 4.78 is 28.5. The number of fused-ring (bicyclic) bond motifs is 4. The first-order valence-corrected chi connectivity index (χ1v) is 17.7. The average molecular weight is 641 g/mol. The molecule has 1 fully saturated rings. The molecule has 7 atom stereocenters. The number of carbonyl (C=O) groups is 1. The molecule has 0 radical (unpaired) electrons. The number of aryl methyl sites for hydroxylation is 1. The lowest BCUT2D eigenvalue weighted by atomic mass is 9.66. The number of hydrogen-bond acceptors (Lipinski definition) is 6. The predicted octanol–water partition coefficient (Wildman–Crippen LogP) is 5.84. The summed E-state index contributed by atoms with van der Waals surface area (Å²) in [7, 11) is -1.53. The van der Waals surface area contributed by atoms with Crippen LogP contribution in [0.2, 0.25) is 5.02 Å². The maximum Gasteiger partial charge on any atom is 0.263 e. The van der Waals surface area contributed by atoms with E-state index in [9.17, 15) is 14.1 Å². The van der Waals surface area contributed by atoms with Crippen molar-refractivity contribution in [2.24, 2.45) is 23.7 Å². The number of carbonyl (C=O) groups excluding carboxylic acids is 1. The van der Waals surface area contributed by atoms with Crippen LogP contribution in [0, 0.1) is 23.7 Å². The number of rotatable bonds is 4. The van der Waals surface area contributed by atoms with E-state index in [1.165, 1.54) is 11.1 Å². The molecule has 2 heterocycles. The third-order valence-corrected chi connectivity index (χ3v) is 12.3. The van der Waals surface area contributed by atoms with Gasteiger partial charge >= 0.3 is 0 Å². The molecule has 9 heteroatoms. The highest BCUT2D eigenvalue weighted by molar-refractivity contribution is 7.84. The SMILES string of the molecule is CC1C/C=C/C(COCCO)C2CCC2CN2C[C@@]3(CCCc4cc(Cl)ccc43)COc3ccc(cc32)C(=O)NS(=O)C1C. The fourth-order valence-corrected chi connectivity index (χ4v) is 8.86. The molecule has 44 heavy (non-hydrogen) atoms. The Balaban J connectivity index is 1.39. The largest absolute Gasteiger partial charge is 0.490 e. The van der Waals surface area contributed by atoms with E-state index < -0.39 is 11.0 Å². The second-order valence-corrected chi connectivity index (χ2v) is 15.3. The van der Waals surface area contributed by atoms with E-state index in [0.717, 1.165) is 68.1 Å². The second kappa shape index (κ2) is 13.5. The molecular weight excluding hydrogens is 596 g/mol. The molecule has 2 aromatic rings. The van der Waals surface area contributed by atoms with Crippen molar-refractivity contribution in [2.45, 2.75) is 63.0 Å². The Morgan fingerprint density at radius 1 is 1.20 bits per heavy atom. The van der Waals surface area contributed by atoms with Crippen molar-refractivity contribution in [1.29, 1.82) is 0 Å². The molecular formula is C35H45ClN2O5S. The van der Waals surface area contributed by atoms with E-state index in [-0.39, 0.29) is 35.0 Å². The summed E-state index contributed by atoms with van der Waals surface area (Å²) in [4.78, 5) is 15.9. The Morgan fingerprint density at radius 2 is 2.07 bits per heavy atom. The molecule has 4 aliphatic rings. The topological polar surface area (TPSA) is 88.1 Å². The Hall–Kier alpha value is -2.39. The Morgan fingerprint density at radius 3 is 2.86 bits per heavy atom. The molecule has 7 nitrogen and oxygen atoms in total. The number of allylic oxidation sites excluding steroid dienone is 1. The molecule has 2 N–H and O–H groups in total. The number of ether oxygens (including phenoxy) is 2. The maximum atomic E-state index is 13.4. The zero-order valence-electron chi connectivity index (χ0n) is 25.8. The number of nitrogens with one attached hydrogen (secondary N) is 1. The lowest BCUT2D eigenvalue weighted by Crippen LogP contribution is -2.49. The van der Waals surface area contributed by atoms with Crippen LogP contribution in [0.5, 0.6) is 5.75 Å². The van der Waals surface area contributed by atoms with Crippen LogP contribution in [0.3, 0.4) is 0 Å². The van der Waals surface area contributed by atoms with Gasteiger partial charge in [-0.05, 0) is 105 Å². The number of benzene rings is 2. The minimum Gasteiger partial charge on any atom is -0.490 e. The van der Waals surface area contributed by atoms with Gasteiger partial charge in [-0.3, -0.25) is 9.52 Å². The van der Waals surface area contributed by atoms with Gasteiger partial charge in [0.1, 0.15) is 16.7 Å². The fraction of sp³-hybridized carbons (Fsp3) is 0.571. The monoisotopic (exact) mass is 640 g/mol. The van der Waals surface area contributed by atoms with E-state index in [1.54, 1.807) is 6.07 Å². The molecule has 2 aliphatic heterocycles. The first-order valence-electron chi connectivity index (χ1n) is 16.2. The van der Waals surface area contributed by atoms with E-state index in [2.05, 4.69) is 40.8 Å². The molecule has 0 saturated heterocycles. The maximum absolute atomic E-state index is 13.4. The van der Waals surface area contributed by atoms with Crippen LogP contribution in [0.15, 0.2) is 48.6 Å². The van der Waals surface area contributed by atoms with Crippen molar-refractivity contribution in [2.75, 3.05) is 44.4 Å². The van der Waals surface area contributed by atoms with Crippen molar-refractivity contribution in [3.63, 3.8) is 0 Å². The highest BCUT2D eigenvalue weighted by Crippen LogP contribution is 2.47. The average Bonchev–Trinajstić information content (AvgIpc) is 3.15. The van der Waals surface area contributed by atoms with Gasteiger partial charge in [-0.1, -0.05) is 36.7 Å². The van der Waals surface area contributed by atoms with Crippen LogP contribution in [0.1, 0.15) is 67.4 Å². The van der Waals surface area contributed by atoms with Gasteiger partial charge in [0.25, 0.3) is 5.91 Å². The predicted molar refractivity (Wildman–Crippen MR) is 176 cm³/mol. The summed E-state index contributed by atoms with van der Waals surface area (Å²) in [5.41, 5.74) is 3.82. The van der Waals surface area contributed by atoms with E-state index in [1.807, 2.05) is 25.1 Å². The summed E-state index contributed by atoms with van der Waals surface area (Å²) in [5, 5.41) is 9.92. The number of aliphatic hydroxyl groups excluding tert-OH is 1. The summed E-state index contributed by atoms with van der Waals surface area (Å²) in [6, 6.07) is 11.9. The number of hydrogen-bond donors (Lipinski definition) is 2. The Bertz CT molecular complexity index is 1420. The third kappa shape index (κ3) is 6.46. The number of anilines is 1. The molecule has 1 saturated carbocycles. The molecule has 6 unspecified atom stereocenters. The number of amides is 1. The zero-order valence-corrected chi connectivity index (χ0v) is 27.4. The standard InChI is InChI=1S/C35H45ClN2O5S/c1-23-5-3-6-28(20-42-16-15-39)30-11-8-27(30)19-38-21-35(14-4-7-25-17-29(36)10-12-31(25)35)22-43-33-13-9-26(18-32(33)38)34(40)37-44(41)24(23)2/h3,6,9-10,12-13,17-18,23-24,27-28,30,39H,4-5,7-8,11,14-16,19-22H2,1-2H3,(H,37,40)/b6-3+/t23?,24?,27?,28?,30?,35-,44?/m0/s1. The van der Waals surface area contributed by atoms with Gasteiger partial charge < -0.3 is 19.5 Å². The van der Waals surface area contributed by atoms with Crippen LogP contribution in [-0.4, -0.2) is 60.0 Å². The number of aliphatic hydroxyl groups is 1. The summed E-state index contributed by atoms with van der Waals surface area (Å²) >= 11 is 6.43. The van der Waals surface area contributed by atoms with Crippen LogP contribution >= 0.6 is 11.6 Å². The van der Waals surface area contributed by atoms with Crippen molar-refractivity contribution < 1.29 is 23.6 Å². The molecule has 2 aliphatic carbocycles. The summed E-state index contributed by atoms with van der Waals surface area (Å²) in [5.74, 6) is 1.72. The molecule has 2 bridgehead atoms. The van der Waals surface area contributed by atoms with Crippen LogP contribution < -0.4 is 14.4 Å². The minimum atomic E-state index is -1.53. The zero-order chi connectivity index (χ0) is 30.8. The van der Waals surface area contributed by atoms with Crippen LogP contribution in [0.4, 0.5) is 5.69 Å². The molecule has 0 aromatic heterocycles. The fourth-order valence-electron chi connectivity index (χ4n) is 7.64. The van der Waals surface area contributed by atoms with Gasteiger partial charge in [0, 0.05) is 35.0 Å². The summed E-state index contributed by atoms with van der Waals surface area (Å²) in [6.07, 6.45) is 10.6. The van der Waals surface area contributed by atoms with E-state index in [0.29, 0.717) is 37.2 Å². The third-order valence-electron chi connectivity index (χ3n) is 10.5. The van der Waals surface area contributed by atoms with Gasteiger partial charge in [-0.15, -0.1) is 0 Å². The molecule has 1 spiro atoms. The molecule has 6 rings (SSSR count). The van der Waals surface area contributed by atoms with Crippen molar-refractivity contribution in [3.8, 4) is 5.75 Å². The van der Waals surface area contributed by atoms with Crippen molar-refractivity contribution >= 4 is 34.2 Å². The minimum absolute atomic E-state index is 0.0122. The highest BCUT2D eigenvalue weighted by Gasteiger charge is 2.44. The molecule has 1 amide bonds. The van der Waals surface area contributed by atoms with Crippen molar-refractivity contribution in [1.82, 2.24) is 4.72 Å². The van der Waals surface area contributed by atoms with Crippen LogP contribution in [0.25, 0.3) is 0 Å².